The minimum Gasteiger partial charge on any atom is -0.497 e. The normalized spacial score (nSPS) is 12.5. The van der Waals surface area contributed by atoms with Crippen LogP contribution in [0.4, 0.5) is 0 Å². The van der Waals surface area contributed by atoms with Gasteiger partial charge in [-0.2, -0.15) is 5.10 Å². The number of hydrogen-bond acceptors (Lipinski definition) is 4. The third-order valence-corrected chi connectivity index (χ3v) is 5.51. The smallest absolute Gasteiger partial charge is 0.191 e. The Bertz CT molecular complexity index is 816. The van der Waals surface area contributed by atoms with Gasteiger partial charge in [0, 0.05) is 38.4 Å². The van der Waals surface area contributed by atoms with Crippen LogP contribution < -0.4 is 15.4 Å². The number of nitrogens with one attached hydrogen (secondary N) is 2. The Morgan fingerprint density at radius 2 is 1.93 bits per heavy atom. The summed E-state index contributed by atoms with van der Waals surface area (Å²) in [5.41, 5.74) is 4.66. The van der Waals surface area contributed by atoms with Crippen LogP contribution in [-0.4, -0.2) is 54.4 Å². The fraction of sp³-hybridized carbons (Fsp3) is 0.545. The highest BCUT2D eigenvalue weighted by atomic mass is 127. The summed E-state index contributed by atoms with van der Waals surface area (Å²) in [6.07, 6.45) is 0. The van der Waals surface area contributed by atoms with E-state index in [1.54, 1.807) is 14.2 Å². The van der Waals surface area contributed by atoms with Crippen LogP contribution in [0.15, 0.2) is 29.3 Å². The SMILES string of the molecule is CCN(CC)C(CNC(=NC)NCc1c(C)nn(C)c1C)c1cccc(OC)c1.I. The first-order valence-corrected chi connectivity index (χ1v) is 10.3. The maximum Gasteiger partial charge on any atom is 0.191 e. The lowest BCUT2D eigenvalue weighted by Gasteiger charge is -2.31. The van der Waals surface area contributed by atoms with Crippen molar-refractivity contribution in [3.8, 4) is 5.75 Å². The van der Waals surface area contributed by atoms with Crippen LogP contribution in [0.3, 0.4) is 0 Å². The van der Waals surface area contributed by atoms with Gasteiger partial charge in [-0.15, -0.1) is 24.0 Å². The second kappa shape index (κ2) is 12.8. The number of aryl methyl sites for hydroxylation is 2. The number of hydrogen-bond donors (Lipinski definition) is 2. The quantitative estimate of drug-likeness (QED) is 0.297. The summed E-state index contributed by atoms with van der Waals surface area (Å²) in [5, 5.41) is 11.4. The van der Waals surface area contributed by atoms with E-state index in [2.05, 4.69) is 58.5 Å². The van der Waals surface area contributed by atoms with E-state index in [4.69, 9.17) is 4.74 Å². The maximum atomic E-state index is 5.43. The van der Waals surface area contributed by atoms with E-state index < -0.39 is 0 Å². The monoisotopic (exact) mass is 528 g/mol. The largest absolute Gasteiger partial charge is 0.497 e. The molecule has 2 aromatic rings. The molecule has 8 heteroatoms. The van der Waals surface area contributed by atoms with Crippen molar-refractivity contribution in [3.63, 3.8) is 0 Å². The molecule has 0 amide bonds. The highest BCUT2D eigenvalue weighted by molar-refractivity contribution is 14.0. The first-order valence-electron chi connectivity index (χ1n) is 10.3. The number of rotatable bonds is 9. The average Bonchev–Trinajstić information content (AvgIpc) is 2.98. The molecule has 0 saturated carbocycles. The van der Waals surface area contributed by atoms with Crippen LogP contribution in [0.25, 0.3) is 0 Å². The molecule has 0 fully saturated rings. The van der Waals surface area contributed by atoms with Gasteiger partial charge in [0.05, 0.1) is 18.8 Å². The van der Waals surface area contributed by atoms with Crippen LogP contribution >= 0.6 is 24.0 Å². The predicted octanol–water partition coefficient (Wildman–Crippen LogP) is 3.41. The number of aliphatic imine (C=N–C) groups is 1. The molecule has 168 valence electrons. The van der Waals surface area contributed by atoms with Crippen LogP contribution in [0.1, 0.15) is 42.4 Å². The molecule has 0 bridgehead atoms. The molecule has 1 aromatic heterocycles. The van der Waals surface area contributed by atoms with Gasteiger partial charge in [0.1, 0.15) is 5.75 Å². The van der Waals surface area contributed by atoms with Crippen molar-refractivity contribution >= 4 is 29.9 Å². The summed E-state index contributed by atoms with van der Waals surface area (Å²) in [4.78, 5) is 6.84. The molecular weight excluding hydrogens is 491 g/mol. The van der Waals surface area contributed by atoms with Gasteiger partial charge < -0.3 is 15.4 Å². The molecule has 0 aliphatic rings. The van der Waals surface area contributed by atoms with E-state index in [-0.39, 0.29) is 30.0 Å². The standard InChI is InChI=1S/C22H36N6O.HI/c1-8-28(9-2)21(18-11-10-12-19(13-18)29-7)15-25-22(23-5)24-14-20-16(3)26-27(6)17(20)4;/h10-13,21H,8-9,14-15H2,1-7H3,(H2,23,24,25);1H. The summed E-state index contributed by atoms with van der Waals surface area (Å²) in [6, 6.07) is 8.52. The highest BCUT2D eigenvalue weighted by Gasteiger charge is 2.19. The Hall–Kier alpha value is -1.81. The maximum absolute atomic E-state index is 5.43. The van der Waals surface area contributed by atoms with Crippen LogP contribution in [0, 0.1) is 13.8 Å². The lowest BCUT2D eigenvalue weighted by Crippen LogP contribution is -2.43. The number of benzene rings is 1. The fourth-order valence-corrected chi connectivity index (χ4v) is 3.63. The zero-order chi connectivity index (χ0) is 21.4. The number of guanidine groups is 1. The predicted molar refractivity (Wildman–Crippen MR) is 135 cm³/mol. The highest BCUT2D eigenvalue weighted by Crippen LogP contribution is 2.23. The lowest BCUT2D eigenvalue weighted by molar-refractivity contribution is 0.218. The van der Waals surface area contributed by atoms with Crippen LogP contribution in [0.2, 0.25) is 0 Å². The van der Waals surface area contributed by atoms with Crippen LogP contribution in [-0.2, 0) is 13.6 Å². The van der Waals surface area contributed by atoms with Gasteiger partial charge in [-0.1, -0.05) is 26.0 Å². The molecule has 30 heavy (non-hydrogen) atoms. The Labute approximate surface area is 198 Å². The van der Waals surface area contributed by atoms with Crippen molar-refractivity contribution in [2.75, 3.05) is 33.8 Å². The topological polar surface area (TPSA) is 66.7 Å². The zero-order valence-corrected chi connectivity index (χ0v) is 21.7. The van der Waals surface area contributed by atoms with Crippen molar-refractivity contribution in [3.05, 3.63) is 46.8 Å². The molecule has 2 rings (SSSR count). The third-order valence-electron chi connectivity index (χ3n) is 5.51. The van der Waals surface area contributed by atoms with Gasteiger partial charge in [0.25, 0.3) is 0 Å². The summed E-state index contributed by atoms with van der Waals surface area (Å²) < 4.78 is 7.35. The van der Waals surface area contributed by atoms with E-state index in [1.807, 2.05) is 30.8 Å². The summed E-state index contributed by atoms with van der Waals surface area (Å²) in [5.74, 6) is 1.66. The molecule has 0 aliphatic carbocycles. The van der Waals surface area contributed by atoms with Crippen molar-refractivity contribution in [2.24, 2.45) is 12.0 Å². The average molecular weight is 528 g/mol. The van der Waals surface area contributed by atoms with Gasteiger partial charge in [-0.3, -0.25) is 14.6 Å². The van der Waals surface area contributed by atoms with Crippen molar-refractivity contribution in [1.29, 1.82) is 0 Å². The van der Waals surface area contributed by atoms with Crippen molar-refractivity contribution in [1.82, 2.24) is 25.3 Å². The molecule has 2 N–H and O–H groups in total. The second-order valence-electron chi connectivity index (χ2n) is 7.09. The minimum atomic E-state index is 0. The van der Waals surface area contributed by atoms with E-state index in [1.165, 1.54) is 16.8 Å². The summed E-state index contributed by atoms with van der Waals surface area (Å²) in [6.45, 7) is 11.9. The fourth-order valence-electron chi connectivity index (χ4n) is 3.63. The first-order chi connectivity index (χ1) is 13.9. The molecule has 0 saturated heterocycles. The molecule has 1 unspecified atom stereocenters. The summed E-state index contributed by atoms with van der Waals surface area (Å²) >= 11 is 0. The van der Waals surface area contributed by atoms with E-state index in [0.29, 0.717) is 6.54 Å². The summed E-state index contributed by atoms with van der Waals surface area (Å²) in [7, 11) is 5.48. The number of ether oxygens (including phenoxy) is 1. The Balaban J connectivity index is 0.00000450. The number of methoxy groups -OCH3 is 1. The molecule has 1 heterocycles. The Morgan fingerprint density at radius 1 is 1.23 bits per heavy atom. The van der Waals surface area contributed by atoms with Gasteiger partial charge in [-0.25, -0.2) is 0 Å². The molecular formula is C22H37IN6O. The van der Waals surface area contributed by atoms with Gasteiger partial charge >= 0.3 is 0 Å². The lowest BCUT2D eigenvalue weighted by atomic mass is 10.0. The van der Waals surface area contributed by atoms with Crippen molar-refractivity contribution < 1.29 is 4.74 Å². The number of halogens is 1. The number of aromatic nitrogens is 2. The number of nitrogens with zero attached hydrogens (tertiary/aromatic N) is 4. The molecule has 0 spiro atoms. The zero-order valence-electron chi connectivity index (χ0n) is 19.3. The van der Waals surface area contributed by atoms with E-state index in [9.17, 15) is 0 Å². The molecule has 1 atom stereocenters. The molecule has 1 aromatic carbocycles. The Kier molecular flexibility index (Phi) is 11.2. The third kappa shape index (κ3) is 6.60. The Morgan fingerprint density at radius 3 is 2.47 bits per heavy atom. The molecule has 7 nitrogen and oxygen atoms in total. The van der Waals surface area contributed by atoms with E-state index in [0.717, 1.165) is 37.0 Å². The van der Waals surface area contributed by atoms with E-state index >= 15 is 0 Å². The second-order valence-corrected chi connectivity index (χ2v) is 7.09. The molecule has 0 aliphatic heterocycles. The van der Waals surface area contributed by atoms with Crippen molar-refractivity contribution in [2.45, 2.75) is 40.3 Å². The van der Waals surface area contributed by atoms with Gasteiger partial charge in [-0.05, 0) is 44.6 Å². The molecule has 0 radical (unpaired) electrons. The van der Waals surface area contributed by atoms with Crippen LogP contribution in [0.5, 0.6) is 5.75 Å². The minimum absolute atomic E-state index is 0. The first kappa shape index (κ1) is 26.2. The van der Waals surface area contributed by atoms with Gasteiger partial charge in [0.2, 0.25) is 0 Å². The number of likely N-dealkylation sites (N-methyl/N-ethyl adjacent to an activating group) is 1. The van der Waals surface area contributed by atoms with Gasteiger partial charge in [0.15, 0.2) is 5.96 Å².